The smallest absolute Gasteiger partial charge is 0.337 e. The van der Waals surface area contributed by atoms with Gasteiger partial charge in [-0.1, -0.05) is 44.0 Å². The lowest BCUT2D eigenvalue weighted by atomic mass is 9.68. The monoisotopic (exact) mass is 465 g/mol. The summed E-state index contributed by atoms with van der Waals surface area (Å²) in [5, 5.41) is 3.34. The summed E-state index contributed by atoms with van der Waals surface area (Å²) >= 11 is 0. The largest absolute Gasteiger partial charge is 0.468 e. The van der Waals surface area contributed by atoms with E-state index < -0.39 is 17.8 Å². The van der Waals surface area contributed by atoms with Crippen molar-refractivity contribution in [3.05, 3.63) is 57.9 Å². The number of esters is 2. The fourth-order valence-corrected chi connectivity index (χ4v) is 5.75. The van der Waals surface area contributed by atoms with Crippen LogP contribution in [0.1, 0.15) is 75.8 Å². The summed E-state index contributed by atoms with van der Waals surface area (Å²) in [6, 6.07) is 7.80. The molecule has 34 heavy (non-hydrogen) atoms. The Hall–Kier alpha value is -2.89. The highest BCUT2D eigenvalue weighted by molar-refractivity contribution is 6.12. The molecular formula is C28H35NO5. The van der Waals surface area contributed by atoms with Gasteiger partial charge >= 0.3 is 11.9 Å². The van der Waals surface area contributed by atoms with Crippen molar-refractivity contribution in [2.45, 2.75) is 77.7 Å². The predicted molar refractivity (Wildman–Crippen MR) is 129 cm³/mol. The van der Waals surface area contributed by atoms with Crippen LogP contribution in [0.3, 0.4) is 0 Å². The highest BCUT2D eigenvalue weighted by Crippen LogP contribution is 2.46. The number of methoxy groups -OCH3 is 1. The van der Waals surface area contributed by atoms with Crippen LogP contribution in [0.25, 0.3) is 0 Å². The van der Waals surface area contributed by atoms with Crippen LogP contribution in [0.5, 0.6) is 0 Å². The molecule has 3 unspecified atom stereocenters. The number of hydrogen-bond donors (Lipinski definition) is 1. The van der Waals surface area contributed by atoms with Gasteiger partial charge in [0.25, 0.3) is 0 Å². The van der Waals surface area contributed by atoms with Gasteiger partial charge in [-0.2, -0.15) is 0 Å². The van der Waals surface area contributed by atoms with Crippen molar-refractivity contribution in [2.24, 2.45) is 11.8 Å². The van der Waals surface area contributed by atoms with Gasteiger partial charge < -0.3 is 14.8 Å². The van der Waals surface area contributed by atoms with Crippen molar-refractivity contribution in [3.8, 4) is 0 Å². The Morgan fingerprint density at radius 2 is 1.71 bits per heavy atom. The van der Waals surface area contributed by atoms with Crippen molar-refractivity contribution in [1.29, 1.82) is 0 Å². The highest BCUT2D eigenvalue weighted by Gasteiger charge is 2.47. The molecule has 0 aromatic heterocycles. The molecule has 0 bridgehead atoms. The lowest BCUT2D eigenvalue weighted by Gasteiger charge is -2.38. The van der Waals surface area contributed by atoms with Crippen molar-refractivity contribution < 1.29 is 23.9 Å². The first-order valence-corrected chi connectivity index (χ1v) is 12.4. The molecule has 6 nitrogen and oxygen atoms in total. The summed E-state index contributed by atoms with van der Waals surface area (Å²) < 4.78 is 11.0. The Morgan fingerprint density at radius 1 is 1.03 bits per heavy atom. The van der Waals surface area contributed by atoms with Gasteiger partial charge in [-0.3, -0.25) is 9.59 Å². The number of allylic oxidation sites excluding steroid dienone is 3. The van der Waals surface area contributed by atoms with Gasteiger partial charge in [0, 0.05) is 22.9 Å². The second-order valence-electron chi connectivity index (χ2n) is 9.91. The molecule has 1 N–H and O–H groups in total. The van der Waals surface area contributed by atoms with Crippen LogP contribution >= 0.6 is 0 Å². The third kappa shape index (κ3) is 4.55. The van der Waals surface area contributed by atoms with Crippen LogP contribution in [0.2, 0.25) is 0 Å². The van der Waals surface area contributed by atoms with Crippen molar-refractivity contribution in [3.63, 3.8) is 0 Å². The maximum absolute atomic E-state index is 13.8. The van der Waals surface area contributed by atoms with E-state index in [2.05, 4.69) is 5.32 Å². The summed E-state index contributed by atoms with van der Waals surface area (Å²) in [4.78, 5) is 40.0. The van der Waals surface area contributed by atoms with Gasteiger partial charge in [0.1, 0.15) is 12.0 Å². The maximum atomic E-state index is 13.8. The fourth-order valence-electron chi connectivity index (χ4n) is 5.75. The van der Waals surface area contributed by atoms with Crippen LogP contribution < -0.4 is 5.32 Å². The summed E-state index contributed by atoms with van der Waals surface area (Å²) in [5.41, 5.74) is 4.31. The molecule has 1 aromatic carbocycles. The van der Waals surface area contributed by atoms with E-state index in [1.54, 1.807) is 0 Å². The van der Waals surface area contributed by atoms with Crippen molar-refractivity contribution in [1.82, 2.24) is 5.32 Å². The molecule has 0 spiro atoms. The third-order valence-electron chi connectivity index (χ3n) is 7.54. The molecule has 6 heteroatoms. The van der Waals surface area contributed by atoms with Crippen molar-refractivity contribution >= 4 is 17.7 Å². The lowest BCUT2D eigenvalue weighted by Crippen LogP contribution is -2.43. The SMILES string of the molecule is COC(=O)C1C(=O)C2=C(CC1C)NC(C)=C(C(=O)OC1CCCCCC1)C2c1ccccc1C. The first kappa shape index (κ1) is 24.2. The van der Waals surface area contributed by atoms with Crippen LogP contribution in [-0.2, 0) is 23.9 Å². The molecule has 0 amide bonds. The summed E-state index contributed by atoms with van der Waals surface area (Å²) in [6.07, 6.45) is 6.62. The van der Waals surface area contributed by atoms with Crippen LogP contribution in [0.15, 0.2) is 46.8 Å². The molecular weight excluding hydrogens is 430 g/mol. The van der Waals surface area contributed by atoms with Gasteiger partial charge in [0.2, 0.25) is 0 Å². The molecule has 1 saturated carbocycles. The Labute approximate surface area is 201 Å². The number of dihydropyridines is 1. The Morgan fingerprint density at radius 3 is 2.35 bits per heavy atom. The molecule has 1 aromatic rings. The molecule has 0 saturated heterocycles. The Kier molecular flexibility index (Phi) is 7.24. The van der Waals surface area contributed by atoms with E-state index >= 15 is 0 Å². The minimum atomic E-state index is -0.880. The van der Waals surface area contributed by atoms with E-state index in [1.165, 1.54) is 20.0 Å². The van der Waals surface area contributed by atoms with Gasteiger partial charge in [0.15, 0.2) is 5.78 Å². The minimum absolute atomic E-state index is 0.104. The van der Waals surface area contributed by atoms with Crippen LogP contribution in [-0.4, -0.2) is 30.9 Å². The summed E-state index contributed by atoms with van der Waals surface area (Å²) in [5.74, 6) is -2.83. The van der Waals surface area contributed by atoms with E-state index in [4.69, 9.17) is 9.47 Å². The zero-order valence-electron chi connectivity index (χ0n) is 20.6. The second-order valence-corrected chi connectivity index (χ2v) is 9.91. The first-order valence-electron chi connectivity index (χ1n) is 12.4. The number of Topliss-reactive ketones (excluding diaryl/α,β-unsaturated/α-hetero) is 1. The molecule has 0 radical (unpaired) electrons. The lowest BCUT2D eigenvalue weighted by molar-refractivity contribution is -0.151. The van der Waals surface area contributed by atoms with Crippen molar-refractivity contribution in [2.75, 3.05) is 7.11 Å². The quantitative estimate of drug-likeness (QED) is 0.388. The maximum Gasteiger partial charge on any atom is 0.337 e. The van der Waals surface area contributed by atoms with Gasteiger partial charge in [-0.25, -0.2) is 4.79 Å². The van der Waals surface area contributed by atoms with Crippen LogP contribution in [0.4, 0.5) is 0 Å². The molecule has 1 aliphatic heterocycles. The molecule has 3 aliphatic rings. The molecule has 3 atom stereocenters. The molecule has 1 fully saturated rings. The van der Waals surface area contributed by atoms with E-state index in [1.807, 2.05) is 45.0 Å². The Bertz CT molecular complexity index is 1040. The molecule has 182 valence electrons. The first-order chi connectivity index (χ1) is 16.3. The average molecular weight is 466 g/mol. The summed E-state index contributed by atoms with van der Waals surface area (Å²) in [7, 11) is 1.31. The molecule has 4 rings (SSSR count). The van der Waals surface area contributed by atoms with Gasteiger partial charge in [0.05, 0.1) is 12.7 Å². The number of hydrogen-bond acceptors (Lipinski definition) is 6. The molecule has 2 aliphatic carbocycles. The number of carbonyl (C=O) groups excluding carboxylic acids is 3. The standard InChI is InChI=1S/C28H35NO5/c1-16-11-9-10-14-20(16)24-23(28(32)34-19-12-7-5-6-8-13-19)18(3)29-21-15-17(2)22(27(31)33-4)26(30)25(21)24/h9-11,14,17,19,22,24,29H,5-8,12-13,15H2,1-4H3. The highest BCUT2D eigenvalue weighted by atomic mass is 16.5. The average Bonchev–Trinajstić information content (AvgIpc) is 3.06. The van der Waals surface area contributed by atoms with Gasteiger partial charge in [-0.05, 0) is 63.0 Å². The van der Waals surface area contributed by atoms with Gasteiger partial charge in [-0.15, -0.1) is 0 Å². The summed E-state index contributed by atoms with van der Waals surface area (Å²) in [6.45, 7) is 5.75. The van der Waals surface area contributed by atoms with E-state index in [0.717, 1.165) is 42.5 Å². The predicted octanol–water partition coefficient (Wildman–Crippen LogP) is 4.87. The van der Waals surface area contributed by atoms with E-state index in [9.17, 15) is 14.4 Å². The normalized spacial score (nSPS) is 25.9. The zero-order chi connectivity index (χ0) is 24.4. The zero-order valence-corrected chi connectivity index (χ0v) is 20.6. The molecule has 1 heterocycles. The number of aryl methyl sites for hydroxylation is 1. The number of ether oxygens (including phenoxy) is 2. The second kappa shape index (κ2) is 10.2. The fraction of sp³-hybridized carbons (Fsp3) is 0.536. The Balaban J connectivity index is 1.78. The number of benzene rings is 1. The van der Waals surface area contributed by atoms with E-state index in [-0.39, 0.29) is 23.8 Å². The number of nitrogens with one attached hydrogen (secondary N) is 1. The number of rotatable bonds is 4. The number of ketones is 1. The van der Waals surface area contributed by atoms with E-state index in [0.29, 0.717) is 23.3 Å². The topological polar surface area (TPSA) is 81.7 Å². The number of carbonyl (C=O) groups is 3. The third-order valence-corrected chi connectivity index (χ3v) is 7.54. The van der Waals surface area contributed by atoms with Crippen LogP contribution in [0, 0.1) is 18.8 Å². The minimum Gasteiger partial charge on any atom is -0.468 e.